The summed E-state index contributed by atoms with van der Waals surface area (Å²) in [6.45, 7) is 10.5. The molecule has 1 fully saturated rings. The fourth-order valence-electron chi connectivity index (χ4n) is 2.68. The van der Waals surface area contributed by atoms with Gasteiger partial charge < -0.3 is 15.0 Å². The molecule has 1 N–H and O–H groups in total. The van der Waals surface area contributed by atoms with E-state index >= 15 is 0 Å². The Morgan fingerprint density at radius 3 is 2.67 bits per heavy atom. The van der Waals surface area contributed by atoms with E-state index in [4.69, 9.17) is 4.74 Å². The van der Waals surface area contributed by atoms with Crippen LogP contribution in [0.1, 0.15) is 39.2 Å². The van der Waals surface area contributed by atoms with Crippen LogP contribution in [0.2, 0.25) is 0 Å². The largest absolute Gasteiger partial charge is 0.384 e. The van der Waals surface area contributed by atoms with Gasteiger partial charge in [-0.15, -0.1) is 0 Å². The van der Waals surface area contributed by atoms with Gasteiger partial charge in [0.05, 0.1) is 0 Å². The fourth-order valence-corrected chi connectivity index (χ4v) is 2.68. The van der Waals surface area contributed by atoms with Crippen molar-refractivity contribution in [3.05, 3.63) is 23.9 Å². The number of ether oxygens (including phenoxy) is 1. The Morgan fingerprint density at radius 1 is 1.33 bits per heavy atom. The van der Waals surface area contributed by atoms with Gasteiger partial charge in [-0.3, -0.25) is 0 Å². The van der Waals surface area contributed by atoms with E-state index in [1.807, 2.05) is 6.20 Å². The zero-order chi connectivity index (χ0) is 15.3. The highest BCUT2D eigenvalue weighted by atomic mass is 16.5. The third kappa shape index (κ3) is 5.29. The van der Waals surface area contributed by atoms with E-state index in [1.165, 1.54) is 18.4 Å². The number of piperidine rings is 1. The number of nitrogens with one attached hydrogen (secondary N) is 1. The summed E-state index contributed by atoms with van der Waals surface area (Å²) in [7, 11) is 1.79. The average Bonchev–Trinajstić information content (AvgIpc) is 2.46. The summed E-state index contributed by atoms with van der Waals surface area (Å²) in [5, 5.41) is 3.53. The van der Waals surface area contributed by atoms with Crippen LogP contribution < -0.4 is 10.2 Å². The molecule has 1 aliphatic heterocycles. The molecule has 0 spiro atoms. The average molecular weight is 291 g/mol. The molecule has 0 atom stereocenters. The second kappa shape index (κ2) is 7.23. The van der Waals surface area contributed by atoms with Gasteiger partial charge in [0.1, 0.15) is 5.82 Å². The van der Waals surface area contributed by atoms with Crippen molar-refractivity contribution in [3.8, 4) is 0 Å². The minimum atomic E-state index is 0.141. The lowest BCUT2D eigenvalue weighted by Crippen LogP contribution is -2.36. The summed E-state index contributed by atoms with van der Waals surface area (Å²) < 4.78 is 5.26. The normalized spacial score (nSPS) is 17.2. The molecule has 2 rings (SSSR count). The number of aromatic nitrogens is 1. The predicted molar refractivity (Wildman–Crippen MR) is 87.6 cm³/mol. The van der Waals surface area contributed by atoms with E-state index in [-0.39, 0.29) is 5.54 Å². The number of anilines is 1. The lowest BCUT2D eigenvalue weighted by molar-refractivity contribution is 0.139. The standard InChI is InChI=1S/C17H29N3O/c1-17(2,3)19-12-15-5-8-18-16(11-15)20-9-6-14(7-10-20)13-21-4/h5,8,11,14,19H,6-7,9-10,12-13H2,1-4H3. The van der Waals surface area contributed by atoms with Crippen LogP contribution in [0.5, 0.6) is 0 Å². The second-order valence-electron chi connectivity index (χ2n) is 7.01. The summed E-state index contributed by atoms with van der Waals surface area (Å²) >= 11 is 0. The minimum Gasteiger partial charge on any atom is -0.384 e. The summed E-state index contributed by atoms with van der Waals surface area (Å²) in [4.78, 5) is 6.94. The van der Waals surface area contributed by atoms with Gasteiger partial charge in [-0.25, -0.2) is 4.98 Å². The van der Waals surface area contributed by atoms with E-state index in [0.29, 0.717) is 5.92 Å². The summed E-state index contributed by atoms with van der Waals surface area (Å²) in [5.41, 5.74) is 1.44. The topological polar surface area (TPSA) is 37.4 Å². The Labute approximate surface area is 128 Å². The van der Waals surface area contributed by atoms with Gasteiger partial charge in [0.2, 0.25) is 0 Å². The zero-order valence-corrected chi connectivity index (χ0v) is 13.9. The number of hydrogen-bond acceptors (Lipinski definition) is 4. The molecule has 2 heterocycles. The Kier molecular flexibility index (Phi) is 5.59. The van der Waals surface area contributed by atoms with Gasteiger partial charge in [0.15, 0.2) is 0 Å². The highest BCUT2D eigenvalue weighted by Crippen LogP contribution is 2.22. The number of methoxy groups -OCH3 is 1. The lowest BCUT2D eigenvalue weighted by Gasteiger charge is -2.32. The van der Waals surface area contributed by atoms with E-state index in [1.54, 1.807) is 7.11 Å². The van der Waals surface area contributed by atoms with Crippen molar-refractivity contribution in [1.82, 2.24) is 10.3 Å². The first-order chi connectivity index (χ1) is 9.98. The number of rotatable bonds is 5. The Bertz CT molecular complexity index is 434. The molecular formula is C17H29N3O. The molecule has 1 saturated heterocycles. The Hall–Kier alpha value is -1.13. The van der Waals surface area contributed by atoms with Crippen molar-refractivity contribution in [2.24, 2.45) is 5.92 Å². The van der Waals surface area contributed by atoms with Crippen LogP contribution in [-0.2, 0) is 11.3 Å². The van der Waals surface area contributed by atoms with E-state index < -0.39 is 0 Å². The summed E-state index contributed by atoms with van der Waals surface area (Å²) in [5.74, 6) is 1.82. The first kappa shape index (κ1) is 16.2. The molecule has 1 aliphatic rings. The number of nitrogens with zero attached hydrogens (tertiary/aromatic N) is 2. The van der Waals surface area contributed by atoms with Gasteiger partial charge in [-0.2, -0.15) is 0 Å². The Morgan fingerprint density at radius 2 is 2.05 bits per heavy atom. The van der Waals surface area contributed by atoms with E-state index in [2.05, 4.69) is 48.1 Å². The maximum Gasteiger partial charge on any atom is 0.128 e. The van der Waals surface area contributed by atoms with Crippen molar-refractivity contribution >= 4 is 5.82 Å². The van der Waals surface area contributed by atoms with Crippen molar-refractivity contribution in [3.63, 3.8) is 0 Å². The minimum absolute atomic E-state index is 0.141. The molecule has 0 unspecified atom stereocenters. The molecule has 0 aliphatic carbocycles. The van der Waals surface area contributed by atoms with Gasteiger partial charge in [0.25, 0.3) is 0 Å². The van der Waals surface area contributed by atoms with Crippen LogP contribution in [0.4, 0.5) is 5.82 Å². The second-order valence-corrected chi connectivity index (χ2v) is 7.01. The van der Waals surface area contributed by atoms with Gasteiger partial charge in [0, 0.05) is 45.1 Å². The lowest BCUT2D eigenvalue weighted by atomic mass is 9.98. The monoisotopic (exact) mass is 291 g/mol. The van der Waals surface area contributed by atoms with Crippen molar-refractivity contribution < 1.29 is 4.74 Å². The highest BCUT2D eigenvalue weighted by molar-refractivity contribution is 5.41. The highest BCUT2D eigenvalue weighted by Gasteiger charge is 2.20. The molecule has 0 amide bonds. The predicted octanol–water partition coefficient (Wildman–Crippen LogP) is 2.83. The number of hydrogen-bond donors (Lipinski definition) is 1. The SMILES string of the molecule is COCC1CCN(c2cc(CNC(C)(C)C)ccn2)CC1. The van der Waals surface area contributed by atoms with Crippen molar-refractivity contribution in [1.29, 1.82) is 0 Å². The molecular weight excluding hydrogens is 262 g/mol. The first-order valence-corrected chi connectivity index (χ1v) is 7.92. The third-order valence-electron chi connectivity index (χ3n) is 3.97. The maximum atomic E-state index is 5.26. The van der Waals surface area contributed by atoms with Crippen LogP contribution in [0.25, 0.3) is 0 Å². The number of pyridine rings is 1. The molecule has 0 saturated carbocycles. The van der Waals surface area contributed by atoms with Crippen LogP contribution in [0.15, 0.2) is 18.3 Å². The smallest absolute Gasteiger partial charge is 0.128 e. The quantitative estimate of drug-likeness (QED) is 0.905. The molecule has 0 aromatic carbocycles. The van der Waals surface area contributed by atoms with Crippen LogP contribution >= 0.6 is 0 Å². The van der Waals surface area contributed by atoms with E-state index in [0.717, 1.165) is 32.1 Å². The van der Waals surface area contributed by atoms with Crippen LogP contribution in [-0.4, -0.2) is 37.3 Å². The molecule has 1 aromatic rings. The first-order valence-electron chi connectivity index (χ1n) is 7.92. The van der Waals surface area contributed by atoms with Gasteiger partial charge in [-0.1, -0.05) is 0 Å². The van der Waals surface area contributed by atoms with Gasteiger partial charge >= 0.3 is 0 Å². The van der Waals surface area contributed by atoms with Crippen LogP contribution in [0, 0.1) is 5.92 Å². The van der Waals surface area contributed by atoms with E-state index in [9.17, 15) is 0 Å². The fraction of sp³-hybridized carbons (Fsp3) is 0.706. The van der Waals surface area contributed by atoms with Gasteiger partial charge in [-0.05, 0) is 57.2 Å². The molecule has 21 heavy (non-hydrogen) atoms. The maximum absolute atomic E-state index is 5.26. The zero-order valence-electron chi connectivity index (χ0n) is 13.9. The third-order valence-corrected chi connectivity index (χ3v) is 3.97. The van der Waals surface area contributed by atoms with Crippen molar-refractivity contribution in [2.75, 3.05) is 31.7 Å². The Balaban J connectivity index is 1.92. The molecule has 1 aromatic heterocycles. The van der Waals surface area contributed by atoms with Crippen LogP contribution in [0.3, 0.4) is 0 Å². The molecule has 4 nitrogen and oxygen atoms in total. The molecule has 0 radical (unpaired) electrons. The molecule has 4 heteroatoms. The molecule has 118 valence electrons. The summed E-state index contributed by atoms with van der Waals surface area (Å²) in [6.07, 6.45) is 4.32. The summed E-state index contributed by atoms with van der Waals surface area (Å²) in [6, 6.07) is 4.31. The van der Waals surface area contributed by atoms with Crippen molar-refractivity contribution in [2.45, 2.75) is 45.7 Å². The molecule has 0 bridgehead atoms.